The number of thiophene rings is 1. The third kappa shape index (κ3) is 2.61. The highest BCUT2D eigenvalue weighted by molar-refractivity contribution is 7.17. The number of hydrogen-bond acceptors (Lipinski definition) is 3. The van der Waals surface area contributed by atoms with Gasteiger partial charge in [0.25, 0.3) is 0 Å². The van der Waals surface area contributed by atoms with Crippen molar-refractivity contribution in [2.45, 2.75) is 13.0 Å². The fourth-order valence-electron chi connectivity index (χ4n) is 3.83. The number of para-hydroxylation sites is 1. The lowest BCUT2D eigenvalue weighted by Crippen LogP contribution is -2.15. The molecular weight excluding hydrogens is 368 g/mol. The Bertz CT molecular complexity index is 1340. The number of nitrogens with two attached hydrogens (primary N) is 1. The van der Waals surface area contributed by atoms with Crippen molar-refractivity contribution in [3.63, 3.8) is 0 Å². The van der Waals surface area contributed by atoms with Crippen LogP contribution in [0.3, 0.4) is 0 Å². The van der Waals surface area contributed by atoms with E-state index in [4.69, 9.17) is 5.73 Å². The molecule has 0 spiro atoms. The number of rotatable bonds is 5. The maximum atomic E-state index is 12.8. The lowest BCUT2D eigenvalue weighted by atomic mass is 10.1. The minimum Gasteiger partial charge on any atom is -0.345 e. The fourth-order valence-corrected chi connectivity index (χ4v) is 4.79. The second kappa shape index (κ2) is 6.82. The summed E-state index contributed by atoms with van der Waals surface area (Å²) in [6.45, 7) is 1.46. The zero-order valence-electron chi connectivity index (χ0n) is 15.3. The van der Waals surface area contributed by atoms with Gasteiger partial charge in [-0.05, 0) is 25.1 Å². The van der Waals surface area contributed by atoms with Crippen LogP contribution in [0.5, 0.6) is 0 Å². The average Bonchev–Trinajstić information content (AvgIpc) is 3.41. The Morgan fingerprint density at radius 2 is 1.82 bits per heavy atom. The van der Waals surface area contributed by atoms with E-state index in [9.17, 15) is 4.79 Å². The topological polar surface area (TPSA) is 68.7 Å². The van der Waals surface area contributed by atoms with E-state index in [1.54, 1.807) is 15.9 Å². The predicted molar refractivity (Wildman–Crippen MR) is 116 cm³/mol. The first kappa shape index (κ1) is 17.0. The third-order valence-electron chi connectivity index (χ3n) is 5.14. The molecule has 0 radical (unpaired) electrons. The molecule has 0 bridgehead atoms. The molecule has 5 nitrogen and oxygen atoms in total. The van der Waals surface area contributed by atoms with Gasteiger partial charge in [-0.1, -0.05) is 36.4 Å². The molecule has 0 atom stereocenters. The van der Waals surface area contributed by atoms with Crippen molar-refractivity contribution in [1.82, 2.24) is 14.1 Å². The minimum absolute atomic E-state index is 0.132. The number of fused-ring (bicyclic) bond motifs is 2. The van der Waals surface area contributed by atoms with E-state index in [1.165, 1.54) is 4.70 Å². The van der Waals surface area contributed by atoms with Gasteiger partial charge in [-0.3, -0.25) is 4.57 Å². The highest BCUT2D eigenvalue weighted by atomic mass is 32.1. The van der Waals surface area contributed by atoms with Gasteiger partial charge < -0.3 is 15.3 Å². The van der Waals surface area contributed by atoms with Gasteiger partial charge in [-0.25, -0.2) is 4.79 Å². The molecule has 5 aromatic rings. The van der Waals surface area contributed by atoms with E-state index >= 15 is 0 Å². The average molecular weight is 388 g/mol. The lowest BCUT2D eigenvalue weighted by Gasteiger charge is -2.06. The van der Waals surface area contributed by atoms with Crippen LogP contribution in [0.4, 0.5) is 0 Å². The van der Waals surface area contributed by atoms with Crippen LogP contribution in [0.2, 0.25) is 0 Å². The van der Waals surface area contributed by atoms with Crippen molar-refractivity contribution in [3.05, 3.63) is 76.8 Å². The molecule has 2 aromatic carbocycles. The molecule has 3 heterocycles. The quantitative estimate of drug-likeness (QED) is 0.470. The maximum absolute atomic E-state index is 12.8. The Hall–Kier alpha value is -3.09. The van der Waals surface area contributed by atoms with Crippen LogP contribution in [0.15, 0.2) is 71.1 Å². The van der Waals surface area contributed by atoms with Crippen LogP contribution in [-0.4, -0.2) is 20.7 Å². The first-order chi connectivity index (χ1) is 13.8. The van der Waals surface area contributed by atoms with Crippen LogP contribution in [0, 0.1) is 0 Å². The van der Waals surface area contributed by atoms with Gasteiger partial charge in [0.2, 0.25) is 0 Å². The molecule has 0 fully saturated rings. The predicted octanol–water partition coefficient (Wildman–Crippen LogP) is 4.35. The van der Waals surface area contributed by atoms with Crippen molar-refractivity contribution in [3.8, 4) is 16.9 Å². The number of imidazole rings is 1. The molecule has 0 saturated heterocycles. The first-order valence-electron chi connectivity index (χ1n) is 9.33. The van der Waals surface area contributed by atoms with Crippen molar-refractivity contribution in [1.29, 1.82) is 0 Å². The van der Waals surface area contributed by atoms with E-state index in [1.807, 2.05) is 30.5 Å². The Balaban J connectivity index is 1.76. The highest BCUT2D eigenvalue weighted by Gasteiger charge is 2.18. The SMILES string of the molecule is NCCCn1cc(-n2c(-c3csc4ccccc34)c[nH]c2=O)c2ccccc21. The van der Waals surface area contributed by atoms with E-state index in [-0.39, 0.29) is 5.69 Å². The summed E-state index contributed by atoms with van der Waals surface area (Å²) in [7, 11) is 0. The van der Waals surface area contributed by atoms with Crippen LogP contribution in [-0.2, 0) is 6.54 Å². The summed E-state index contributed by atoms with van der Waals surface area (Å²) in [6, 6.07) is 16.5. The van der Waals surface area contributed by atoms with Crippen molar-refractivity contribution >= 4 is 32.3 Å². The molecule has 0 unspecified atom stereocenters. The Labute approximate surface area is 165 Å². The summed E-state index contributed by atoms with van der Waals surface area (Å²) in [4.78, 5) is 15.7. The number of H-pyrrole nitrogens is 1. The lowest BCUT2D eigenvalue weighted by molar-refractivity contribution is 0.669. The standard InChI is InChI=1S/C22H20N4OS/c23-10-5-11-25-13-20(16-7-1-3-8-18(16)25)26-19(12-24-22(26)27)17-14-28-21-9-4-2-6-15(17)21/h1-4,6-9,12-14H,5,10-11,23H2,(H,24,27). The normalized spacial score (nSPS) is 11.6. The number of aromatic amines is 1. The van der Waals surface area contributed by atoms with Gasteiger partial charge in [0.15, 0.2) is 0 Å². The Kier molecular flexibility index (Phi) is 4.15. The number of nitrogens with one attached hydrogen (secondary N) is 1. The van der Waals surface area contributed by atoms with Gasteiger partial charge in [0.1, 0.15) is 0 Å². The molecule has 3 N–H and O–H groups in total. The van der Waals surface area contributed by atoms with Gasteiger partial charge in [-0.2, -0.15) is 0 Å². The minimum atomic E-state index is -0.132. The summed E-state index contributed by atoms with van der Waals surface area (Å²) in [5, 5.41) is 4.34. The second-order valence-corrected chi connectivity index (χ2v) is 7.74. The van der Waals surface area contributed by atoms with Gasteiger partial charge in [0.05, 0.1) is 16.9 Å². The summed E-state index contributed by atoms with van der Waals surface area (Å²) in [6.07, 6.45) is 4.76. The molecule has 3 aromatic heterocycles. The largest absolute Gasteiger partial charge is 0.345 e. The Morgan fingerprint density at radius 3 is 2.68 bits per heavy atom. The van der Waals surface area contributed by atoms with Gasteiger partial charge in [-0.15, -0.1) is 11.3 Å². The van der Waals surface area contributed by atoms with Gasteiger partial charge >= 0.3 is 5.69 Å². The Morgan fingerprint density at radius 1 is 1.04 bits per heavy atom. The smallest absolute Gasteiger partial charge is 0.330 e. The molecule has 28 heavy (non-hydrogen) atoms. The van der Waals surface area contributed by atoms with Gasteiger partial charge in [0, 0.05) is 45.4 Å². The van der Waals surface area contributed by atoms with Crippen LogP contribution in [0.1, 0.15) is 6.42 Å². The van der Waals surface area contributed by atoms with Crippen LogP contribution < -0.4 is 11.4 Å². The number of hydrogen-bond donors (Lipinski definition) is 2. The number of aromatic nitrogens is 3. The molecule has 0 aliphatic heterocycles. The number of nitrogens with zero attached hydrogens (tertiary/aromatic N) is 2. The maximum Gasteiger partial charge on any atom is 0.330 e. The van der Waals surface area contributed by atoms with E-state index in [0.717, 1.165) is 46.2 Å². The van der Waals surface area contributed by atoms with E-state index in [0.29, 0.717) is 6.54 Å². The zero-order valence-corrected chi connectivity index (χ0v) is 16.1. The summed E-state index contributed by atoms with van der Waals surface area (Å²) in [5.74, 6) is 0. The van der Waals surface area contributed by atoms with Crippen molar-refractivity contribution in [2.24, 2.45) is 5.73 Å². The molecule has 5 rings (SSSR count). The molecule has 0 aliphatic carbocycles. The molecule has 6 heteroatoms. The van der Waals surface area contributed by atoms with E-state index in [2.05, 4.69) is 45.4 Å². The van der Waals surface area contributed by atoms with Crippen molar-refractivity contribution < 1.29 is 0 Å². The zero-order chi connectivity index (χ0) is 19.1. The highest BCUT2D eigenvalue weighted by Crippen LogP contribution is 2.35. The molecule has 0 amide bonds. The monoisotopic (exact) mass is 388 g/mol. The number of aryl methyl sites for hydroxylation is 1. The number of benzene rings is 2. The molecule has 0 saturated carbocycles. The van der Waals surface area contributed by atoms with E-state index < -0.39 is 0 Å². The molecule has 0 aliphatic rings. The third-order valence-corrected chi connectivity index (χ3v) is 6.11. The van der Waals surface area contributed by atoms with Crippen LogP contribution in [0.25, 0.3) is 37.9 Å². The second-order valence-electron chi connectivity index (χ2n) is 6.83. The molecule has 140 valence electrons. The molecular formula is C22H20N4OS. The summed E-state index contributed by atoms with van der Waals surface area (Å²) < 4.78 is 5.19. The summed E-state index contributed by atoms with van der Waals surface area (Å²) in [5.41, 5.74) is 9.53. The summed E-state index contributed by atoms with van der Waals surface area (Å²) >= 11 is 1.69. The first-order valence-corrected chi connectivity index (χ1v) is 10.2. The fraction of sp³-hybridized carbons (Fsp3) is 0.136. The van der Waals surface area contributed by atoms with Crippen molar-refractivity contribution in [2.75, 3.05) is 6.54 Å². The van der Waals surface area contributed by atoms with Crippen LogP contribution >= 0.6 is 11.3 Å².